The summed E-state index contributed by atoms with van der Waals surface area (Å²) in [5.41, 5.74) is 3.80. The number of hydrogen-bond acceptors (Lipinski definition) is 4. The number of ether oxygens (including phenoxy) is 1. The smallest absolute Gasteiger partial charge is 0.306 e. The summed E-state index contributed by atoms with van der Waals surface area (Å²) in [6.45, 7) is 8.10. The number of nitrogens with zero attached hydrogens (tertiary/aromatic N) is 1. The van der Waals surface area contributed by atoms with E-state index in [9.17, 15) is 9.59 Å². The molecule has 0 amide bonds. The van der Waals surface area contributed by atoms with Crippen LogP contribution in [0.3, 0.4) is 0 Å². The zero-order chi connectivity index (χ0) is 18.4. The number of rotatable bonds is 6. The van der Waals surface area contributed by atoms with E-state index in [-0.39, 0.29) is 30.2 Å². The molecule has 0 aliphatic heterocycles. The van der Waals surface area contributed by atoms with Crippen LogP contribution in [0.2, 0.25) is 0 Å². The van der Waals surface area contributed by atoms with Gasteiger partial charge in [-0.1, -0.05) is 51.1 Å². The van der Waals surface area contributed by atoms with Gasteiger partial charge in [0.15, 0.2) is 12.4 Å². The molecule has 25 heavy (non-hydrogen) atoms. The molecule has 1 aromatic heterocycles. The monoisotopic (exact) mass is 339 g/mol. The molecule has 2 rings (SSSR count). The van der Waals surface area contributed by atoms with Crippen LogP contribution >= 0.6 is 0 Å². The molecule has 4 heteroatoms. The summed E-state index contributed by atoms with van der Waals surface area (Å²) in [5, 5.41) is 0. The van der Waals surface area contributed by atoms with Gasteiger partial charge < -0.3 is 4.74 Å². The summed E-state index contributed by atoms with van der Waals surface area (Å²) in [5.74, 6) is -0.563. The first-order valence-electron chi connectivity index (χ1n) is 8.45. The van der Waals surface area contributed by atoms with Crippen molar-refractivity contribution in [2.24, 2.45) is 0 Å². The van der Waals surface area contributed by atoms with Gasteiger partial charge in [0.2, 0.25) is 0 Å². The number of Topliss-reactive ketones (excluding diaryl/α,β-unsaturated/α-hetero) is 1. The first kappa shape index (κ1) is 18.8. The maximum absolute atomic E-state index is 12.1. The molecule has 2 aromatic rings. The number of ketones is 1. The molecule has 0 saturated carbocycles. The molecule has 0 saturated heterocycles. The molecule has 0 N–H and O–H groups in total. The van der Waals surface area contributed by atoms with Crippen molar-refractivity contribution in [2.75, 3.05) is 6.61 Å². The molecule has 0 unspecified atom stereocenters. The summed E-state index contributed by atoms with van der Waals surface area (Å²) in [6.07, 6.45) is 4.30. The van der Waals surface area contributed by atoms with Crippen LogP contribution in [0.25, 0.3) is 0 Å². The van der Waals surface area contributed by atoms with Gasteiger partial charge in [-0.15, -0.1) is 0 Å². The summed E-state index contributed by atoms with van der Waals surface area (Å²) < 4.78 is 5.10. The second kappa shape index (κ2) is 8.06. The lowest BCUT2D eigenvalue weighted by Gasteiger charge is -2.18. The topological polar surface area (TPSA) is 56.3 Å². The van der Waals surface area contributed by atoms with E-state index < -0.39 is 0 Å². The van der Waals surface area contributed by atoms with Crippen molar-refractivity contribution in [1.29, 1.82) is 0 Å². The number of aryl methyl sites for hydroxylation is 2. The maximum Gasteiger partial charge on any atom is 0.306 e. The van der Waals surface area contributed by atoms with Crippen LogP contribution in [0.1, 0.15) is 54.2 Å². The largest absolute Gasteiger partial charge is 0.457 e. The predicted octanol–water partition coefficient (Wildman–Crippen LogP) is 4.05. The molecule has 4 nitrogen and oxygen atoms in total. The van der Waals surface area contributed by atoms with Gasteiger partial charge in [0, 0.05) is 24.4 Å². The zero-order valence-electron chi connectivity index (χ0n) is 15.3. The zero-order valence-corrected chi connectivity index (χ0v) is 15.3. The second-order valence-electron chi connectivity index (χ2n) is 7.28. The fourth-order valence-corrected chi connectivity index (χ4v) is 2.46. The summed E-state index contributed by atoms with van der Waals surface area (Å²) in [6, 6.07) is 9.45. The number of aromatic nitrogens is 1. The van der Waals surface area contributed by atoms with Crippen molar-refractivity contribution in [3.8, 4) is 0 Å². The molecule has 0 aliphatic rings. The Morgan fingerprint density at radius 3 is 2.36 bits per heavy atom. The Kier molecular flexibility index (Phi) is 6.07. The van der Waals surface area contributed by atoms with E-state index in [4.69, 9.17) is 4.74 Å². The number of hydrogen-bond donors (Lipinski definition) is 0. The molecule has 0 bridgehead atoms. The summed E-state index contributed by atoms with van der Waals surface area (Å²) in [4.78, 5) is 28.1. The number of esters is 1. The third-order valence-electron chi connectivity index (χ3n) is 3.99. The Morgan fingerprint density at radius 2 is 1.76 bits per heavy atom. The van der Waals surface area contributed by atoms with Crippen LogP contribution < -0.4 is 0 Å². The highest BCUT2D eigenvalue weighted by Crippen LogP contribution is 2.22. The van der Waals surface area contributed by atoms with E-state index in [1.807, 2.05) is 25.1 Å². The van der Waals surface area contributed by atoms with Crippen molar-refractivity contribution < 1.29 is 14.3 Å². The molecule has 132 valence electrons. The van der Waals surface area contributed by atoms with Crippen molar-refractivity contribution in [3.05, 3.63) is 65.0 Å². The Balaban J connectivity index is 1.82. The SMILES string of the molecule is Cc1cncc(CCC(=O)OCC(=O)c2ccc(C(C)(C)C)cc2)c1. The van der Waals surface area contributed by atoms with E-state index in [2.05, 4.69) is 25.8 Å². The minimum Gasteiger partial charge on any atom is -0.457 e. The van der Waals surface area contributed by atoms with Crippen LogP contribution in [0.5, 0.6) is 0 Å². The predicted molar refractivity (Wildman–Crippen MR) is 97.7 cm³/mol. The fourth-order valence-electron chi connectivity index (χ4n) is 2.46. The lowest BCUT2D eigenvalue weighted by atomic mass is 9.86. The molecule has 0 radical (unpaired) electrons. The van der Waals surface area contributed by atoms with Crippen LogP contribution in [0.15, 0.2) is 42.7 Å². The van der Waals surface area contributed by atoms with Crippen LogP contribution in [0.4, 0.5) is 0 Å². The van der Waals surface area contributed by atoms with E-state index in [1.54, 1.807) is 24.5 Å². The molecule has 1 heterocycles. The molecule has 0 spiro atoms. The second-order valence-corrected chi connectivity index (χ2v) is 7.28. The lowest BCUT2D eigenvalue weighted by Crippen LogP contribution is -2.15. The molecule has 0 atom stereocenters. The highest BCUT2D eigenvalue weighted by atomic mass is 16.5. The van der Waals surface area contributed by atoms with Gasteiger partial charge in [0.05, 0.1) is 0 Å². The quantitative estimate of drug-likeness (QED) is 0.588. The minimum atomic E-state index is -0.374. The lowest BCUT2D eigenvalue weighted by molar-refractivity contribution is -0.142. The third-order valence-corrected chi connectivity index (χ3v) is 3.99. The van der Waals surface area contributed by atoms with Gasteiger partial charge in [-0.2, -0.15) is 0 Å². The fraction of sp³-hybridized carbons (Fsp3) is 0.381. The van der Waals surface area contributed by atoms with Crippen LogP contribution in [-0.4, -0.2) is 23.3 Å². The van der Waals surface area contributed by atoms with E-state index in [0.717, 1.165) is 16.7 Å². The highest BCUT2D eigenvalue weighted by molar-refractivity contribution is 5.98. The first-order valence-corrected chi connectivity index (χ1v) is 8.45. The minimum absolute atomic E-state index is 0.0404. The molecular weight excluding hydrogens is 314 g/mol. The van der Waals surface area contributed by atoms with Gasteiger partial charge in [-0.3, -0.25) is 14.6 Å². The van der Waals surface area contributed by atoms with Crippen LogP contribution in [0, 0.1) is 6.92 Å². The standard InChI is InChI=1S/C21H25NO3/c1-15-11-16(13-22-12-15)5-10-20(24)25-14-19(23)17-6-8-18(9-7-17)21(2,3)4/h6-9,11-13H,5,10,14H2,1-4H3. The Labute approximate surface area is 149 Å². The van der Waals surface area contributed by atoms with E-state index in [0.29, 0.717) is 12.0 Å². The summed E-state index contributed by atoms with van der Waals surface area (Å²) in [7, 11) is 0. The Hall–Kier alpha value is -2.49. The maximum atomic E-state index is 12.1. The normalized spacial score (nSPS) is 11.2. The average molecular weight is 339 g/mol. The van der Waals surface area contributed by atoms with Crippen molar-refractivity contribution >= 4 is 11.8 Å². The van der Waals surface area contributed by atoms with Gasteiger partial charge >= 0.3 is 5.97 Å². The van der Waals surface area contributed by atoms with E-state index in [1.165, 1.54) is 0 Å². The number of pyridine rings is 1. The van der Waals surface area contributed by atoms with E-state index >= 15 is 0 Å². The van der Waals surface area contributed by atoms with Crippen LogP contribution in [-0.2, 0) is 21.4 Å². The molecular formula is C21H25NO3. The summed E-state index contributed by atoms with van der Waals surface area (Å²) >= 11 is 0. The van der Waals surface area contributed by atoms with Crippen molar-refractivity contribution in [2.45, 2.75) is 46.0 Å². The first-order chi connectivity index (χ1) is 11.8. The Morgan fingerprint density at radius 1 is 1.08 bits per heavy atom. The third kappa shape index (κ3) is 5.82. The van der Waals surface area contributed by atoms with Gasteiger partial charge in [0.1, 0.15) is 0 Å². The highest BCUT2D eigenvalue weighted by Gasteiger charge is 2.15. The van der Waals surface area contributed by atoms with Gasteiger partial charge in [0.25, 0.3) is 0 Å². The van der Waals surface area contributed by atoms with Crippen molar-refractivity contribution in [3.63, 3.8) is 0 Å². The van der Waals surface area contributed by atoms with Gasteiger partial charge in [-0.05, 0) is 35.4 Å². The average Bonchev–Trinajstić information content (AvgIpc) is 2.57. The van der Waals surface area contributed by atoms with Gasteiger partial charge in [-0.25, -0.2) is 0 Å². The number of carbonyl (C=O) groups is 2. The molecule has 1 aromatic carbocycles. The van der Waals surface area contributed by atoms with Crippen molar-refractivity contribution in [1.82, 2.24) is 4.98 Å². The number of carbonyl (C=O) groups excluding carboxylic acids is 2. The Bertz CT molecular complexity index is 742. The molecule has 0 aliphatic carbocycles. The molecule has 0 fully saturated rings. The number of benzene rings is 1.